The Morgan fingerprint density at radius 1 is 1.12 bits per heavy atom. The van der Waals surface area contributed by atoms with E-state index in [0.717, 1.165) is 19.3 Å². The van der Waals surface area contributed by atoms with Crippen LogP contribution in [-0.4, -0.2) is 26.8 Å². The Morgan fingerprint density at radius 2 is 1.75 bits per heavy atom. The first kappa shape index (κ1) is 15.9. The Kier molecular flexibility index (Phi) is 7.97. The quantitative estimate of drug-likeness (QED) is 0.651. The van der Waals surface area contributed by atoms with Gasteiger partial charge in [0.25, 0.3) is 0 Å². The lowest BCUT2D eigenvalue weighted by Gasteiger charge is -2.14. The van der Waals surface area contributed by atoms with E-state index in [1.54, 1.807) is 0 Å². The number of nitrogens with one attached hydrogen (secondary N) is 1. The third kappa shape index (κ3) is 9.12. The average Bonchev–Trinajstić information content (AvgIpc) is 2.13. The van der Waals surface area contributed by atoms with Gasteiger partial charge < -0.3 is 5.73 Å². The second kappa shape index (κ2) is 8.03. The van der Waals surface area contributed by atoms with Crippen molar-refractivity contribution in [3.05, 3.63) is 0 Å². The number of hydrogen-bond acceptors (Lipinski definition) is 3. The van der Waals surface area contributed by atoms with Crippen molar-refractivity contribution >= 4 is 10.0 Å². The molecule has 5 heteroatoms. The van der Waals surface area contributed by atoms with Crippen LogP contribution in [-0.2, 0) is 10.0 Å². The molecule has 0 aromatic heterocycles. The summed E-state index contributed by atoms with van der Waals surface area (Å²) in [5, 5.41) is 0. The molecule has 0 rings (SSSR count). The predicted octanol–water partition coefficient (Wildman–Crippen LogP) is 1.47. The van der Waals surface area contributed by atoms with E-state index in [1.807, 2.05) is 6.92 Å². The zero-order valence-electron chi connectivity index (χ0n) is 10.7. The van der Waals surface area contributed by atoms with Crippen molar-refractivity contribution in [3.63, 3.8) is 0 Å². The van der Waals surface area contributed by atoms with Crippen LogP contribution in [0.25, 0.3) is 0 Å². The predicted molar refractivity (Wildman–Crippen MR) is 68.7 cm³/mol. The van der Waals surface area contributed by atoms with Crippen LogP contribution in [0.1, 0.15) is 46.5 Å². The summed E-state index contributed by atoms with van der Waals surface area (Å²) < 4.78 is 25.7. The van der Waals surface area contributed by atoms with Crippen LogP contribution in [0.15, 0.2) is 0 Å². The SMILES string of the molecule is CC(C)CCCC(C)NS(=O)(=O)CCCN. The highest BCUT2D eigenvalue weighted by Crippen LogP contribution is 2.08. The molecule has 3 N–H and O–H groups in total. The van der Waals surface area contributed by atoms with Crippen molar-refractivity contribution in [2.75, 3.05) is 12.3 Å². The molecule has 0 aliphatic carbocycles. The first-order chi connectivity index (χ1) is 7.37. The van der Waals surface area contributed by atoms with E-state index in [0.29, 0.717) is 18.9 Å². The molecular weight excluding hydrogens is 224 g/mol. The van der Waals surface area contributed by atoms with Gasteiger partial charge in [0.1, 0.15) is 0 Å². The zero-order valence-corrected chi connectivity index (χ0v) is 11.5. The zero-order chi connectivity index (χ0) is 12.6. The summed E-state index contributed by atoms with van der Waals surface area (Å²) in [5.41, 5.74) is 5.29. The maximum Gasteiger partial charge on any atom is 0.211 e. The molecule has 0 radical (unpaired) electrons. The normalized spacial score (nSPS) is 14.3. The van der Waals surface area contributed by atoms with Crippen molar-refractivity contribution in [1.29, 1.82) is 0 Å². The molecule has 1 unspecified atom stereocenters. The van der Waals surface area contributed by atoms with E-state index in [2.05, 4.69) is 18.6 Å². The number of hydrogen-bond donors (Lipinski definition) is 2. The van der Waals surface area contributed by atoms with Crippen molar-refractivity contribution in [3.8, 4) is 0 Å². The van der Waals surface area contributed by atoms with Crippen LogP contribution in [0.4, 0.5) is 0 Å². The standard InChI is InChI=1S/C11H26N2O2S/c1-10(2)6-4-7-11(3)13-16(14,15)9-5-8-12/h10-11,13H,4-9,12H2,1-3H3. The molecule has 0 spiro atoms. The molecule has 0 bridgehead atoms. The van der Waals surface area contributed by atoms with Gasteiger partial charge in [-0.15, -0.1) is 0 Å². The van der Waals surface area contributed by atoms with E-state index in [9.17, 15) is 8.42 Å². The van der Waals surface area contributed by atoms with Crippen LogP contribution in [0.2, 0.25) is 0 Å². The minimum absolute atomic E-state index is 0.0292. The maximum atomic E-state index is 11.5. The minimum Gasteiger partial charge on any atom is -0.330 e. The molecule has 4 nitrogen and oxygen atoms in total. The third-order valence-corrected chi connectivity index (χ3v) is 4.00. The molecule has 0 fully saturated rings. The lowest BCUT2D eigenvalue weighted by Crippen LogP contribution is -2.34. The van der Waals surface area contributed by atoms with Gasteiger partial charge in [0.05, 0.1) is 5.75 Å². The highest BCUT2D eigenvalue weighted by molar-refractivity contribution is 7.89. The van der Waals surface area contributed by atoms with Crippen molar-refractivity contribution in [2.24, 2.45) is 11.7 Å². The molecule has 0 aromatic rings. The molecule has 1 atom stereocenters. The Bertz CT molecular complexity index is 263. The Morgan fingerprint density at radius 3 is 2.25 bits per heavy atom. The summed E-state index contributed by atoms with van der Waals surface area (Å²) in [6, 6.07) is 0.0292. The monoisotopic (exact) mass is 250 g/mol. The largest absolute Gasteiger partial charge is 0.330 e. The van der Waals surface area contributed by atoms with Gasteiger partial charge in [-0.2, -0.15) is 0 Å². The average molecular weight is 250 g/mol. The molecule has 0 amide bonds. The summed E-state index contributed by atoms with van der Waals surface area (Å²) in [6.07, 6.45) is 3.64. The van der Waals surface area contributed by atoms with Crippen LogP contribution < -0.4 is 10.5 Å². The van der Waals surface area contributed by atoms with Crippen molar-refractivity contribution < 1.29 is 8.42 Å². The summed E-state index contributed by atoms with van der Waals surface area (Å²) in [6.45, 7) is 6.69. The van der Waals surface area contributed by atoms with Crippen LogP contribution >= 0.6 is 0 Å². The van der Waals surface area contributed by atoms with Crippen molar-refractivity contribution in [2.45, 2.75) is 52.5 Å². The fraction of sp³-hybridized carbons (Fsp3) is 1.00. The molecule has 0 heterocycles. The maximum absolute atomic E-state index is 11.5. The molecule has 0 saturated carbocycles. The number of sulfonamides is 1. The van der Waals surface area contributed by atoms with Gasteiger partial charge in [-0.1, -0.05) is 26.7 Å². The highest BCUT2D eigenvalue weighted by Gasteiger charge is 2.13. The van der Waals surface area contributed by atoms with Gasteiger partial charge in [-0.3, -0.25) is 0 Å². The van der Waals surface area contributed by atoms with Gasteiger partial charge in [0.2, 0.25) is 10.0 Å². The Hall–Kier alpha value is -0.130. The van der Waals surface area contributed by atoms with Crippen molar-refractivity contribution in [1.82, 2.24) is 4.72 Å². The smallest absolute Gasteiger partial charge is 0.211 e. The highest BCUT2D eigenvalue weighted by atomic mass is 32.2. The molecular formula is C11H26N2O2S. The second-order valence-corrected chi connectivity index (χ2v) is 6.68. The van der Waals surface area contributed by atoms with Gasteiger partial charge in [-0.25, -0.2) is 13.1 Å². The van der Waals surface area contributed by atoms with Gasteiger partial charge in [0.15, 0.2) is 0 Å². The van der Waals surface area contributed by atoms with Crippen LogP contribution in [0.3, 0.4) is 0 Å². The summed E-state index contributed by atoms with van der Waals surface area (Å²) in [5.74, 6) is 0.818. The Labute approximate surface area is 100 Å². The van der Waals surface area contributed by atoms with E-state index in [1.165, 1.54) is 0 Å². The molecule has 0 aliphatic rings. The summed E-state index contributed by atoms with van der Waals surface area (Å²) in [7, 11) is -3.12. The molecule has 16 heavy (non-hydrogen) atoms. The Balaban J connectivity index is 3.81. The first-order valence-electron chi connectivity index (χ1n) is 6.07. The van der Waals surface area contributed by atoms with E-state index < -0.39 is 10.0 Å². The lowest BCUT2D eigenvalue weighted by atomic mass is 10.0. The van der Waals surface area contributed by atoms with Gasteiger partial charge in [-0.05, 0) is 32.2 Å². The van der Waals surface area contributed by atoms with Gasteiger partial charge >= 0.3 is 0 Å². The van der Waals surface area contributed by atoms with Gasteiger partial charge in [0, 0.05) is 6.04 Å². The summed E-state index contributed by atoms with van der Waals surface area (Å²) in [4.78, 5) is 0. The minimum atomic E-state index is -3.12. The molecule has 0 aromatic carbocycles. The topological polar surface area (TPSA) is 72.2 Å². The first-order valence-corrected chi connectivity index (χ1v) is 7.72. The number of rotatable bonds is 9. The lowest BCUT2D eigenvalue weighted by molar-refractivity contribution is 0.488. The fourth-order valence-electron chi connectivity index (χ4n) is 1.53. The molecule has 0 aliphatic heterocycles. The number of nitrogens with two attached hydrogens (primary N) is 1. The van der Waals surface area contributed by atoms with Crippen LogP contribution in [0, 0.1) is 5.92 Å². The van der Waals surface area contributed by atoms with E-state index in [-0.39, 0.29) is 11.8 Å². The molecule has 0 saturated heterocycles. The van der Waals surface area contributed by atoms with Crippen LogP contribution in [0.5, 0.6) is 0 Å². The third-order valence-electron chi connectivity index (χ3n) is 2.42. The molecule has 98 valence electrons. The van der Waals surface area contributed by atoms with E-state index in [4.69, 9.17) is 5.73 Å². The second-order valence-electron chi connectivity index (χ2n) is 4.80. The summed E-state index contributed by atoms with van der Waals surface area (Å²) >= 11 is 0. The fourth-order valence-corrected chi connectivity index (χ4v) is 2.93. The van der Waals surface area contributed by atoms with E-state index >= 15 is 0 Å².